The fourth-order valence-electron chi connectivity index (χ4n) is 3.98. The van der Waals surface area contributed by atoms with Crippen LogP contribution in [0.2, 0.25) is 0 Å². The van der Waals surface area contributed by atoms with Gasteiger partial charge in [-0.25, -0.2) is 0 Å². The van der Waals surface area contributed by atoms with Gasteiger partial charge in [0.15, 0.2) is 0 Å². The van der Waals surface area contributed by atoms with Crippen molar-refractivity contribution in [3.8, 4) is 5.75 Å². The van der Waals surface area contributed by atoms with Gasteiger partial charge in [-0.2, -0.15) is 0 Å². The molecule has 1 aromatic carbocycles. The zero-order valence-corrected chi connectivity index (χ0v) is 17.4. The number of allylic oxidation sites excluding steroid dienone is 1. The molecular weight excluding hydrogens is 338 g/mol. The van der Waals surface area contributed by atoms with Crippen LogP contribution >= 0.6 is 0 Å². The highest BCUT2D eigenvalue weighted by atomic mass is 16.5. The second-order valence-electron chi connectivity index (χ2n) is 7.83. The number of nitrogens with zero attached hydrogens (tertiary/aromatic N) is 1. The molecule has 1 amide bonds. The van der Waals surface area contributed by atoms with E-state index in [-0.39, 0.29) is 5.91 Å². The molecule has 0 bridgehead atoms. The third kappa shape index (κ3) is 3.76. The first kappa shape index (κ1) is 19.5. The minimum Gasteiger partial charge on any atom is -0.493 e. The van der Waals surface area contributed by atoms with Gasteiger partial charge in [0.1, 0.15) is 17.1 Å². The number of fused-ring (bicyclic) bond motifs is 1. The van der Waals surface area contributed by atoms with E-state index in [2.05, 4.69) is 19.9 Å². The lowest BCUT2D eigenvalue weighted by Crippen LogP contribution is -2.38. The molecule has 0 saturated carbocycles. The molecule has 27 heavy (non-hydrogen) atoms. The largest absolute Gasteiger partial charge is 0.493 e. The van der Waals surface area contributed by atoms with E-state index >= 15 is 0 Å². The zero-order valence-electron chi connectivity index (χ0n) is 17.4. The number of amides is 1. The highest BCUT2D eigenvalue weighted by Crippen LogP contribution is 2.39. The first-order valence-electron chi connectivity index (χ1n) is 9.97. The Morgan fingerprint density at radius 2 is 2.07 bits per heavy atom. The van der Waals surface area contributed by atoms with E-state index in [4.69, 9.17) is 9.15 Å². The van der Waals surface area contributed by atoms with Crippen LogP contribution in [0.4, 0.5) is 0 Å². The first-order chi connectivity index (χ1) is 12.8. The van der Waals surface area contributed by atoms with Crippen LogP contribution in [0.15, 0.2) is 16.6 Å². The number of ether oxygens (including phenoxy) is 1. The molecule has 0 N–H and O–H groups in total. The van der Waals surface area contributed by atoms with Gasteiger partial charge < -0.3 is 14.1 Å². The van der Waals surface area contributed by atoms with E-state index in [1.54, 1.807) is 6.08 Å². The van der Waals surface area contributed by atoms with Gasteiger partial charge in [-0.15, -0.1) is 0 Å². The van der Waals surface area contributed by atoms with Crippen LogP contribution < -0.4 is 4.74 Å². The van der Waals surface area contributed by atoms with Crippen molar-refractivity contribution in [1.29, 1.82) is 0 Å². The molecule has 1 saturated heterocycles. The molecule has 0 radical (unpaired) electrons. The maximum atomic E-state index is 12.8. The van der Waals surface area contributed by atoms with Gasteiger partial charge in [0.2, 0.25) is 5.91 Å². The Hall–Kier alpha value is -2.23. The van der Waals surface area contributed by atoms with Gasteiger partial charge in [-0.3, -0.25) is 4.79 Å². The van der Waals surface area contributed by atoms with E-state index in [9.17, 15) is 4.79 Å². The average Bonchev–Trinajstić information content (AvgIpc) is 2.92. The lowest BCUT2D eigenvalue weighted by atomic mass is 9.97. The molecule has 1 unspecified atom stereocenters. The molecule has 1 aliphatic heterocycles. The van der Waals surface area contributed by atoms with E-state index < -0.39 is 0 Å². The predicted molar refractivity (Wildman–Crippen MR) is 110 cm³/mol. The molecular formula is C23H31NO3. The Bertz CT molecular complexity index is 891. The van der Waals surface area contributed by atoms with Crippen LogP contribution in [0, 0.1) is 26.7 Å². The molecule has 4 nitrogen and oxygen atoms in total. The molecule has 1 fully saturated rings. The number of hydrogen-bond donors (Lipinski definition) is 0. The molecule has 1 atom stereocenters. The topological polar surface area (TPSA) is 42.7 Å². The van der Waals surface area contributed by atoms with E-state index in [1.807, 2.05) is 32.6 Å². The van der Waals surface area contributed by atoms with Crippen molar-refractivity contribution in [3.05, 3.63) is 34.6 Å². The van der Waals surface area contributed by atoms with Crippen LogP contribution in [0.1, 0.15) is 56.1 Å². The second-order valence-corrected chi connectivity index (χ2v) is 7.83. The zero-order chi connectivity index (χ0) is 19.7. The summed E-state index contributed by atoms with van der Waals surface area (Å²) in [6.45, 7) is 14.5. The number of rotatable bonds is 4. The SMILES string of the molecule is CCOc1c(/C(C)=C/C(=O)N2CCCC(C)C2)cc2c(C)c(C)oc2c1C. The highest BCUT2D eigenvalue weighted by molar-refractivity contribution is 5.98. The van der Waals surface area contributed by atoms with E-state index in [0.29, 0.717) is 12.5 Å². The minimum absolute atomic E-state index is 0.0966. The fraction of sp³-hybridized carbons (Fsp3) is 0.522. The van der Waals surface area contributed by atoms with Crippen molar-refractivity contribution in [2.45, 2.75) is 54.4 Å². The Morgan fingerprint density at radius 1 is 1.33 bits per heavy atom. The average molecular weight is 370 g/mol. The van der Waals surface area contributed by atoms with Crippen LogP contribution in [-0.2, 0) is 4.79 Å². The number of likely N-dealkylation sites (tertiary alicyclic amines) is 1. The highest BCUT2D eigenvalue weighted by Gasteiger charge is 2.22. The predicted octanol–water partition coefficient (Wildman–Crippen LogP) is 5.42. The summed E-state index contributed by atoms with van der Waals surface area (Å²) in [5.74, 6) is 2.41. The third-order valence-electron chi connectivity index (χ3n) is 5.67. The molecule has 1 aromatic heterocycles. The molecule has 4 heteroatoms. The Kier molecular flexibility index (Phi) is 5.64. The maximum absolute atomic E-state index is 12.8. The molecule has 3 rings (SSSR count). The van der Waals surface area contributed by atoms with Gasteiger partial charge >= 0.3 is 0 Å². The fourth-order valence-corrected chi connectivity index (χ4v) is 3.98. The lowest BCUT2D eigenvalue weighted by molar-refractivity contribution is -0.127. The molecule has 0 spiro atoms. The standard InChI is InChI=1S/C23H31NO3/c1-7-26-22-17(5)23-20(16(4)18(6)27-23)12-19(22)15(3)11-21(25)24-10-8-9-14(2)13-24/h11-12,14H,7-10,13H2,1-6H3/b15-11+. The molecule has 2 aromatic rings. The summed E-state index contributed by atoms with van der Waals surface area (Å²) >= 11 is 0. The summed E-state index contributed by atoms with van der Waals surface area (Å²) in [4.78, 5) is 14.8. The third-order valence-corrected chi connectivity index (χ3v) is 5.67. The summed E-state index contributed by atoms with van der Waals surface area (Å²) in [6, 6.07) is 2.11. The first-order valence-corrected chi connectivity index (χ1v) is 9.97. The van der Waals surface area contributed by atoms with Crippen molar-refractivity contribution >= 4 is 22.4 Å². The normalized spacial score (nSPS) is 18.2. The number of aryl methyl sites for hydroxylation is 3. The maximum Gasteiger partial charge on any atom is 0.246 e. The van der Waals surface area contributed by atoms with Gasteiger partial charge in [0, 0.05) is 35.7 Å². The van der Waals surface area contributed by atoms with Crippen molar-refractivity contribution in [2.24, 2.45) is 5.92 Å². The number of carbonyl (C=O) groups excluding carboxylic acids is 1. The molecule has 2 heterocycles. The quantitative estimate of drug-likeness (QED) is 0.676. The summed E-state index contributed by atoms with van der Waals surface area (Å²) in [6.07, 6.45) is 4.06. The van der Waals surface area contributed by atoms with E-state index in [0.717, 1.165) is 64.3 Å². The van der Waals surface area contributed by atoms with Crippen LogP contribution in [-0.4, -0.2) is 30.5 Å². The number of piperidine rings is 1. The van der Waals surface area contributed by atoms with Gasteiger partial charge in [-0.05, 0) is 70.6 Å². The minimum atomic E-state index is 0.0966. The summed E-state index contributed by atoms with van der Waals surface area (Å²) in [5, 5.41) is 1.09. The lowest BCUT2D eigenvalue weighted by Gasteiger charge is -2.30. The second kappa shape index (κ2) is 7.79. The van der Waals surface area contributed by atoms with Crippen molar-refractivity contribution in [2.75, 3.05) is 19.7 Å². The van der Waals surface area contributed by atoms with Crippen LogP contribution in [0.3, 0.4) is 0 Å². The summed E-state index contributed by atoms with van der Waals surface area (Å²) in [7, 11) is 0. The molecule has 1 aliphatic rings. The van der Waals surface area contributed by atoms with E-state index in [1.165, 1.54) is 6.42 Å². The molecule has 146 valence electrons. The van der Waals surface area contributed by atoms with Gasteiger partial charge in [-0.1, -0.05) is 6.92 Å². The monoisotopic (exact) mass is 369 g/mol. The smallest absolute Gasteiger partial charge is 0.246 e. The van der Waals surface area contributed by atoms with Crippen molar-refractivity contribution in [3.63, 3.8) is 0 Å². The summed E-state index contributed by atoms with van der Waals surface area (Å²) in [5.41, 5.74) is 4.92. The Balaban J connectivity index is 2.04. The summed E-state index contributed by atoms with van der Waals surface area (Å²) < 4.78 is 11.9. The number of hydrogen-bond acceptors (Lipinski definition) is 3. The number of furan rings is 1. The Morgan fingerprint density at radius 3 is 2.74 bits per heavy atom. The number of benzene rings is 1. The van der Waals surface area contributed by atoms with Crippen molar-refractivity contribution in [1.82, 2.24) is 4.90 Å². The van der Waals surface area contributed by atoms with Gasteiger partial charge in [0.25, 0.3) is 0 Å². The van der Waals surface area contributed by atoms with Crippen LogP contribution in [0.25, 0.3) is 16.5 Å². The van der Waals surface area contributed by atoms with Crippen molar-refractivity contribution < 1.29 is 13.9 Å². The van der Waals surface area contributed by atoms with Gasteiger partial charge in [0.05, 0.1) is 6.61 Å². The number of carbonyl (C=O) groups is 1. The molecule has 0 aliphatic carbocycles. The Labute approximate surface area is 162 Å². The van der Waals surface area contributed by atoms with Crippen LogP contribution in [0.5, 0.6) is 5.75 Å².